The Bertz CT molecular complexity index is 1250. The highest BCUT2D eigenvalue weighted by Gasteiger charge is 2.32. The fraction of sp³-hybridized carbons (Fsp3) is 0.333. The van der Waals surface area contributed by atoms with Crippen molar-refractivity contribution in [2.45, 2.75) is 30.2 Å². The average Bonchev–Trinajstić information content (AvgIpc) is 2.88. The van der Waals surface area contributed by atoms with Crippen LogP contribution in [0.2, 0.25) is 0 Å². The van der Waals surface area contributed by atoms with E-state index in [-0.39, 0.29) is 29.6 Å². The third-order valence-electron chi connectivity index (χ3n) is 6.76. The SMILES string of the molecule is COc1ccc(C(=O)N2CCC[C@@H](C(=O)N[C@H]3CCSc4c(F)cccc43)C2)c2ccccc12. The number of methoxy groups -OCH3 is 1. The lowest BCUT2D eigenvalue weighted by atomic mass is 9.94. The first kappa shape index (κ1) is 22.7. The third kappa shape index (κ3) is 4.25. The maximum atomic E-state index is 14.2. The van der Waals surface area contributed by atoms with E-state index in [1.807, 2.05) is 36.4 Å². The second-order valence-corrected chi connectivity index (χ2v) is 9.91. The number of benzene rings is 3. The molecule has 1 fully saturated rings. The molecule has 3 aromatic rings. The van der Waals surface area contributed by atoms with E-state index >= 15 is 0 Å². The van der Waals surface area contributed by atoms with Crippen LogP contribution in [0.1, 0.15) is 41.2 Å². The van der Waals surface area contributed by atoms with Crippen LogP contribution in [-0.2, 0) is 4.79 Å². The molecule has 0 bridgehead atoms. The molecule has 2 aliphatic heterocycles. The average molecular weight is 479 g/mol. The highest BCUT2D eigenvalue weighted by molar-refractivity contribution is 7.99. The Labute approximate surface area is 202 Å². The van der Waals surface area contributed by atoms with Crippen molar-refractivity contribution in [1.29, 1.82) is 0 Å². The number of rotatable bonds is 4. The lowest BCUT2D eigenvalue weighted by Gasteiger charge is -2.34. The molecule has 0 aliphatic carbocycles. The van der Waals surface area contributed by atoms with Gasteiger partial charge in [0.1, 0.15) is 11.6 Å². The Kier molecular flexibility index (Phi) is 6.46. The number of hydrogen-bond donors (Lipinski definition) is 1. The second-order valence-electron chi connectivity index (χ2n) is 8.81. The first-order chi connectivity index (χ1) is 16.6. The third-order valence-corrected chi connectivity index (χ3v) is 7.92. The maximum absolute atomic E-state index is 14.2. The van der Waals surface area contributed by atoms with Crippen LogP contribution < -0.4 is 10.1 Å². The Balaban J connectivity index is 1.32. The van der Waals surface area contributed by atoms with Crippen LogP contribution in [0.5, 0.6) is 5.75 Å². The summed E-state index contributed by atoms with van der Waals surface area (Å²) in [4.78, 5) is 29.1. The Hall–Kier alpha value is -3.06. The molecule has 2 aliphatic rings. The van der Waals surface area contributed by atoms with E-state index in [1.54, 1.807) is 24.1 Å². The van der Waals surface area contributed by atoms with Gasteiger partial charge in [-0.3, -0.25) is 9.59 Å². The minimum atomic E-state index is -0.284. The van der Waals surface area contributed by atoms with E-state index in [9.17, 15) is 14.0 Å². The molecule has 0 spiro atoms. The zero-order valence-electron chi connectivity index (χ0n) is 19.1. The number of nitrogens with one attached hydrogen (secondary N) is 1. The molecule has 5 nitrogen and oxygen atoms in total. The van der Waals surface area contributed by atoms with Gasteiger partial charge in [-0.25, -0.2) is 4.39 Å². The van der Waals surface area contributed by atoms with Gasteiger partial charge in [-0.2, -0.15) is 0 Å². The molecule has 1 saturated heterocycles. The quantitative estimate of drug-likeness (QED) is 0.561. The van der Waals surface area contributed by atoms with Crippen LogP contribution in [0.3, 0.4) is 0 Å². The zero-order valence-corrected chi connectivity index (χ0v) is 19.9. The molecule has 5 rings (SSSR count). The van der Waals surface area contributed by atoms with Crippen LogP contribution in [0.15, 0.2) is 59.5 Å². The van der Waals surface area contributed by atoms with Crippen LogP contribution >= 0.6 is 11.8 Å². The number of likely N-dealkylation sites (tertiary alicyclic amines) is 1. The summed E-state index contributed by atoms with van der Waals surface area (Å²) >= 11 is 1.50. The van der Waals surface area contributed by atoms with Gasteiger partial charge < -0.3 is 15.0 Å². The van der Waals surface area contributed by atoms with Crippen LogP contribution in [0, 0.1) is 11.7 Å². The van der Waals surface area contributed by atoms with Gasteiger partial charge >= 0.3 is 0 Å². The number of piperidine rings is 1. The summed E-state index contributed by atoms with van der Waals surface area (Å²) in [5.41, 5.74) is 1.46. The van der Waals surface area contributed by atoms with Crippen molar-refractivity contribution in [3.63, 3.8) is 0 Å². The summed E-state index contributed by atoms with van der Waals surface area (Å²) in [6, 6.07) is 16.2. The standard InChI is InChI=1S/C27H27FN2O3S/c1-33-24-12-11-20(18-7-2-3-8-19(18)24)27(32)30-14-5-6-17(16-30)26(31)29-23-13-15-34-25-21(23)9-4-10-22(25)28/h2-4,7-12,17,23H,5-6,13-16H2,1H3,(H,29,31)/t17-,23+/m1/s1. The van der Waals surface area contributed by atoms with E-state index in [1.165, 1.54) is 17.8 Å². The highest BCUT2D eigenvalue weighted by atomic mass is 32.2. The number of thioether (sulfide) groups is 1. The highest BCUT2D eigenvalue weighted by Crippen LogP contribution is 2.38. The number of carbonyl (C=O) groups excluding carboxylic acids is 2. The molecule has 0 aromatic heterocycles. The Morgan fingerprint density at radius 2 is 1.88 bits per heavy atom. The van der Waals surface area contributed by atoms with Gasteiger partial charge in [-0.05, 0) is 48.4 Å². The van der Waals surface area contributed by atoms with Gasteiger partial charge in [0.2, 0.25) is 5.91 Å². The van der Waals surface area contributed by atoms with Gasteiger partial charge in [0.25, 0.3) is 5.91 Å². The van der Waals surface area contributed by atoms with Gasteiger partial charge in [0.05, 0.1) is 19.1 Å². The maximum Gasteiger partial charge on any atom is 0.254 e. The Morgan fingerprint density at radius 1 is 1.06 bits per heavy atom. The molecule has 0 saturated carbocycles. The summed E-state index contributed by atoms with van der Waals surface area (Å²) in [6.45, 7) is 1.000. The van der Waals surface area contributed by atoms with Crippen LogP contribution in [0.4, 0.5) is 4.39 Å². The van der Waals surface area contributed by atoms with Crippen molar-refractivity contribution in [2.24, 2.45) is 5.92 Å². The molecule has 0 unspecified atom stereocenters. The summed E-state index contributed by atoms with van der Waals surface area (Å²) in [5, 5.41) is 4.88. The number of hydrogen-bond acceptors (Lipinski definition) is 4. The normalized spacial score (nSPS) is 20.0. The van der Waals surface area contributed by atoms with E-state index in [0.717, 1.165) is 47.1 Å². The molecule has 2 amide bonds. The molecule has 3 aromatic carbocycles. The van der Waals surface area contributed by atoms with Crippen molar-refractivity contribution in [2.75, 3.05) is 26.0 Å². The summed E-state index contributed by atoms with van der Waals surface area (Å²) < 4.78 is 19.7. The topological polar surface area (TPSA) is 58.6 Å². The number of nitrogens with zero attached hydrogens (tertiary/aromatic N) is 1. The molecular weight excluding hydrogens is 451 g/mol. The second kappa shape index (κ2) is 9.66. The van der Waals surface area contributed by atoms with Crippen molar-refractivity contribution in [3.05, 3.63) is 71.5 Å². The largest absolute Gasteiger partial charge is 0.496 e. The minimum Gasteiger partial charge on any atom is -0.496 e. The van der Waals surface area contributed by atoms with Crippen molar-refractivity contribution >= 4 is 34.3 Å². The molecule has 1 N–H and O–H groups in total. The smallest absolute Gasteiger partial charge is 0.254 e. The van der Waals surface area contributed by atoms with Gasteiger partial charge in [0, 0.05) is 34.7 Å². The van der Waals surface area contributed by atoms with Gasteiger partial charge in [-0.1, -0.05) is 36.4 Å². The first-order valence-corrected chi connectivity index (χ1v) is 12.6. The first-order valence-electron chi connectivity index (χ1n) is 11.6. The van der Waals surface area contributed by atoms with E-state index < -0.39 is 0 Å². The number of ether oxygens (including phenoxy) is 1. The van der Waals surface area contributed by atoms with Gasteiger partial charge in [-0.15, -0.1) is 11.8 Å². The van der Waals surface area contributed by atoms with Crippen molar-refractivity contribution < 1.29 is 18.7 Å². The molecular formula is C27H27FN2O3S. The number of carbonyl (C=O) groups is 2. The molecule has 2 atom stereocenters. The molecule has 7 heteroatoms. The molecule has 176 valence electrons. The monoisotopic (exact) mass is 478 g/mol. The van der Waals surface area contributed by atoms with Gasteiger partial charge in [0.15, 0.2) is 0 Å². The van der Waals surface area contributed by atoms with E-state index in [0.29, 0.717) is 23.5 Å². The number of amides is 2. The van der Waals surface area contributed by atoms with E-state index in [4.69, 9.17) is 4.74 Å². The summed E-state index contributed by atoms with van der Waals surface area (Å²) in [7, 11) is 1.62. The summed E-state index contributed by atoms with van der Waals surface area (Å²) in [6.07, 6.45) is 2.26. The van der Waals surface area contributed by atoms with Crippen LogP contribution in [0.25, 0.3) is 10.8 Å². The Morgan fingerprint density at radius 3 is 2.71 bits per heavy atom. The number of fused-ring (bicyclic) bond motifs is 2. The fourth-order valence-electron chi connectivity index (χ4n) is 5.01. The molecule has 2 heterocycles. The zero-order chi connectivity index (χ0) is 23.7. The van der Waals surface area contributed by atoms with E-state index in [2.05, 4.69) is 5.32 Å². The lowest BCUT2D eigenvalue weighted by molar-refractivity contribution is -0.127. The minimum absolute atomic E-state index is 0.0656. The van der Waals surface area contributed by atoms with Crippen molar-refractivity contribution in [1.82, 2.24) is 10.2 Å². The predicted molar refractivity (Wildman–Crippen MR) is 132 cm³/mol. The summed E-state index contributed by atoms with van der Waals surface area (Å²) in [5.74, 6) is 0.836. The molecule has 0 radical (unpaired) electrons. The number of halogens is 1. The molecule has 34 heavy (non-hydrogen) atoms. The van der Waals surface area contributed by atoms with Crippen molar-refractivity contribution in [3.8, 4) is 5.75 Å². The lowest BCUT2D eigenvalue weighted by Crippen LogP contribution is -2.46. The fourth-order valence-corrected chi connectivity index (χ4v) is 6.15. The predicted octanol–water partition coefficient (Wildman–Crippen LogP) is 5.19. The van der Waals surface area contributed by atoms with Crippen LogP contribution in [-0.4, -0.2) is 42.7 Å².